The molecule has 0 radical (unpaired) electrons. The van der Waals surface area contributed by atoms with Gasteiger partial charge in [-0.3, -0.25) is 4.79 Å². The molecule has 22 heavy (non-hydrogen) atoms. The van der Waals surface area contributed by atoms with Crippen LogP contribution in [0.3, 0.4) is 0 Å². The third kappa shape index (κ3) is 3.91. The van der Waals surface area contributed by atoms with Gasteiger partial charge in [0, 0.05) is 0 Å². The lowest BCUT2D eigenvalue weighted by Gasteiger charge is -2.47. The third-order valence-corrected chi connectivity index (χ3v) is 3.91. The quantitative estimate of drug-likeness (QED) is 0.227. The first-order valence-electron chi connectivity index (χ1n) is 6.91. The predicted molar refractivity (Wildman–Crippen MR) is 72.3 cm³/mol. The highest BCUT2D eigenvalue weighted by Gasteiger charge is 2.54. The molecule has 0 spiro atoms. The molecule has 1 aliphatic heterocycles. The van der Waals surface area contributed by atoms with Crippen LogP contribution in [0.1, 0.15) is 12.8 Å². The lowest BCUT2D eigenvalue weighted by Crippen LogP contribution is -2.67. The number of rotatable bonds is 7. The van der Waals surface area contributed by atoms with Gasteiger partial charge in [-0.05, 0) is 25.3 Å². The number of aliphatic hydroxyl groups excluding tert-OH is 4. The zero-order valence-electron chi connectivity index (χ0n) is 11.9. The monoisotopic (exact) mass is 324 g/mol. The third-order valence-electron chi connectivity index (χ3n) is 3.91. The molecule has 0 aliphatic carbocycles. The number of aliphatic hydroxyl groups is 5. The summed E-state index contributed by atoms with van der Waals surface area (Å²) >= 11 is 0. The summed E-state index contributed by atoms with van der Waals surface area (Å²) in [6.45, 7) is -0.894. The lowest BCUT2D eigenvalue weighted by atomic mass is 9.82. The lowest BCUT2D eigenvalue weighted by molar-refractivity contribution is -0.362. The van der Waals surface area contributed by atoms with Gasteiger partial charge in [0.2, 0.25) is 5.79 Å². The molecule has 0 aromatic rings. The van der Waals surface area contributed by atoms with Gasteiger partial charge in [-0.2, -0.15) is 0 Å². The fourth-order valence-corrected chi connectivity index (χ4v) is 2.59. The Morgan fingerprint density at radius 2 is 1.86 bits per heavy atom. The van der Waals surface area contributed by atoms with Crippen LogP contribution in [0.25, 0.3) is 0 Å². The van der Waals surface area contributed by atoms with E-state index in [1.54, 1.807) is 0 Å². The first-order chi connectivity index (χ1) is 10.2. The second-order valence-electron chi connectivity index (χ2n) is 5.53. The average molecular weight is 324 g/mol. The van der Waals surface area contributed by atoms with E-state index in [4.69, 9.17) is 26.4 Å². The molecule has 10 N–H and O–H groups in total. The van der Waals surface area contributed by atoms with Gasteiger partial charge >= 0.3 is 5.97 Å². The van der Waals surface area contributed by atoms with Crippen molar-refractivity contribution in [2.45, 2.75) is 49.1 Å². The van der Waals surface area contributed by atoms with E-state index in [1.165, 1.54) is 0 Å². The maximum Gasteiger partial charge on any atom is 0.320 e. The van der Waals surface area contributed by atoms with Crippen molar-refractivity contribution >= 4 is 5.97 Å². The zero-order valence-corrected chi connectivity index (χ0v) is 11.9. The second-order valence-corrected chi connectivity index (χ2v) is 5.53. The van der Waals surface area contributed by atoms with Gasteiger partial charge in [0.25, 0.3) is 0 Å². The maximum absolute atomic E-state index is 10.9. The minimum absolute atomic E-state index is 0.125. The van der Waals surface area contributed by atoms with E-state index in [2.05, 4.69) is 0 Å². The van der Waals surface area contributed by atoms with Gasteiger partial charge in [0.05, 0.1) is 12.7 Å². The van der Waals surface area contributed by atoms with E-state index in [0.717, 1.165) is 0 Å². The topological polar surface area (TPSA) is 200 Å². The number of carbonyl (C=O) groups is 1. The molecule has 0 bridgehead atoms. The van der Waals surface area contributed by atoms with E-state index in [9.17, 15) is 25.2 Å². The number of aliphatic carboxylic acids is 1. The predicted octanol–water partition coefficient (Wildman–Crippen LogP) is -4.08. The second kappa shape index (κ2) is 7.62. The van der Waals surface area contributed by atoms with E-state index >= 15 is 0 Å². The summed E-state index contributed by atoms with van der Waals surface area (Å²) in [5, 5.41) is 57.5. The van der Waals surface area contributed by atoms with Gasteiger partial charge < -0.3 is 46.8 Å². The Hall–Kier alpha value is -0.850. The Morgan fingerprint density at radius 1 is 1.27 bits per heavy atom. The molecule has 1 heterocycles. The van der Waals surface area contributed by atoms with Gasteiger partial charge in [-0.25, -0.2) is 0 Å². The van der Waals surface area contributed by atoms with E-state index in [-0.39, 0.29) is 19.4 Å². The fourth-order valence-electron chi connectivity index (χ4n) is 2.59. The molecule has 3 unspecified atom stereocenters. The van der Waals surface area contributed by atoms with Gasteiger partial charge in [-0.1, -0.05) is 0 Å². The van der Waals surface area contributed by atoms with E-state index in [1.807, 2.05) is 0 Å². The van der Waals surface area contributed by atoms with Crippen molar-refractivity contribution in [1.82, 2.24) is 0 Å². The minimum Gasteiger partial charge on any atom is -0.480 e. The van der Waals surface area contributed by atoms with Crippen LogP contribution in [0.5, 0.6) is 0 Å². The van der Waals surface area contributed by atoms with Crippen molar-refractivity contribution in [3.05, 3.63) is 0 Å². The first kappa shape index (κ1) is 19.2. The van der Waals surface area contributed by atoms with Crippen LogP contribution < -0.4 is 11.5 Å². The molecule has 1 saturated heterocycles. The Balaban J connectivity index is 2.98. The first-order valence-corrected chi connectivity index (χ1v) is 6.91. The van der Waals surface area contributed by atoms with Crippen molar-refractivity contribution in [3.8, 4) is 0 Å². The van der Waals surface area contributed by atoms with Gasteiger partial charge in [0.1, 0.15) is 24.4 Å². The number of ether oxygens (including phenoxy) is 1. The SMILES string of the molecule is NCCC(CC(N)C(=O)O)C1O[C@@](O)(CO)[C@@H](O)[C@H](O)[C@@H]1O. The largest absolute Gasteiger partial charge is 0.480 e. The highest BCUT2D eigenvalue weighted by atomic mass is 16.7. The number of carboxylic acids is 1. The van der Waals surface area contributed by atoms with Crippen LogP contribution in [0.15, 0.2) is 0 Å². The van der Waals surface area contributed by atoms with Crippen molar-refractivity contribution in [2.75, 3.05) is 13.2 Å². The molecule has 0 aromatic heterocycles. The molecule has 1 fully saturated rings. The Kier molecular flexibility index (Phi) is 6.65. The summed E-state index contributed by atoms with van der Waals surface area (Å²) in [5.41, 5.74) is 10.9. The highest BCUT2D eigenvalue weighted by molar-refractivity contribution is 5.73. The van der Waals surface area contributed by atoms with Crippen LogP contribution >= 0.6 is 0 Å². The van der Waals surface area contributed by atoms with Crippen molar-refractivity contribution in [3.63, 3.8) is 0 Å². The van der Waals surface area contributed by atoms with Gasteiger partial charge in [0.15, 0.2) is 0 Å². The standard InChI is InChI=1S/C12H24N2O8/c13-2-1-5(3-6(14)11(19)20)9-7(16)8(17)10(18)12(21,4-15)22-9/h5-10,15-18,21H,1-4,13-14H2,(H,19,20)/t5?,6?,7-,8+,9?,10-,12-/m0/s1. The molecule has 0 amide bonds. The average Bonchev–Trinajstić information content (AvgIpc) is 2.48. The van der Waals surface area contributed by atoms with E-state index in [0.29, 0.717) is 0 Å². The van der Waals surface area contributed by atoms with E-state index < -0.39 is 54.7 Å². The number of hydrogen-bond acceptors (Lipinski definition) is 9. The van der Waals surface area contributed by atoms with Crippen LogP contribution in [0.2, 0.25) is 0 Å². The normalized spacial score (nSPS) is 38.5. The number of nitrogens with two attached hydrogens (primary N) is 2. The summed E-state index contributed by atoms with van der Waals surface area (Å²) in [7, 11) is 0. The van der Waals surface area contributed by atoms with Crippen molar-refractivity contribution in [2.24, 2.45) is 17.4 Å². The van der Waals surface area contributed by atoms with Crippen molar-refractivity contribution in [1.29, 1.82) is 0 Å². The van der Waals surface area contributed by atoms with Gasteiger partial charge in [-0.15, -0.1) is 0 Å². The smallest absolute Gasteiger partial charge is 0.320 e. The molecule has 7 atom stereocenters. The minimum atomic E-state index is -2.47. The number of carboxylic acid groups (broad SMARTS) is 1. The Bertz CT molecular complexity index is 384. The summed E-state index contributed by atoms with van der Waals surface area (Å²) < 4.78 is 5.15. The molecule has 0 aromatic carbocycles. The zero-order chi connectivity index (χ0) is 17.1. The molecule has 0 saturated carbocycles. The molecule has 1 rings (SSSR count). The van der Waals surface area contributed by atoms with Crippen LogP contribution in [-0.4, -0.2) is 86.0 Å². The molecule has 10 nitrogen and oxygen atoms in total. The Labute approximate surface area is 126 Å². The maximum atomic E-state index is 10.9. The Morgan fingerprint density at radius 3 is 2.32 bits per heavy atom. The summed E-state index contributed by atoms with van der Waals surface area (Å²) in [6, 6.07) is -1.25. The highest BCUT2D eigenvalue weighted by Crippen LogP contribution is 2.34. The molecule has 10 heteroatoms. The van der Waals surface area contributed by atoms with Crippen LogP contribution in [-0.2, 0) is 9.53 Å². The van der Waals surface area contributed by atoms with Crippen LogP contribution in [0, 0.1) is 5.92 Å². The molecule has 130 valence electrons. The van der Waals surface area contributed by atoms with Crippen molar-refractivity contribution < 1.29 is 40.2 Å². The molecule has 1 aliphatic rings. The molecular formula is C12H24N2O8. The number of hydrogen-bond donors (Lipinski definition) is 8. The summed E-state index contributed by atoms with van der Waals surface area (Å²) in [5.74, 6) is -4.43. The molecular weight excluding hydrogens is 300 g/mol. The summed E-state index contributed by atoms with van der Waals surface area (Å²) in [6.07, 6.45) is -6.47. The fraction of sp³-hybridized carbons (Fsp3) is 0.917. The summed E-state index contributed by atoms with van der Waals surface area (Å²) in [4.78, 5) is 10.9. The van der Waals surface area contributed by atoms with Crippen LogP contribution in [0.4, 0.5) is 0 Å².